The predicted octanol–water partition coefficient (Wildman–Crippen LogP) is 1.95. The van der Waals surface area contributed by atoms with Gasteiger partial charge in [0.05, 0.1) is 5.52 Å². The van der Waals surface area contributed by atoms with Crippen molar-refractivity contribution in [2.24, 2.45) is 0 Å². The number of aromatic nitrogens is 1. The topological polar surface area (TPSA) is 70.4 Å². The number of aromatic hydroxyl groups is 1. The van der Waals surface area contributed by atoms with Crippen LogP contribution in [0.25, 0.3) is 10.9 Å². The third-order valence-corrected chi connectivity index (χ3v) is 2.32. The van der Waals surface area contributed by atoms with Crippen molar-refractivity contribution in [1.29, 1.82) is 0 Å². The molecule has 0 amide bonds. The summed E-state index contributed by atoms with van der Waals surface area (Å²) >= 11 is 0. The van der Waals surface area contributed by atoms with Crippen LogP contribution in [-0.2, 0) is 0 Å². The Bertz CT molecular complexity index is 549. The van der Waals surface area contributed by atoms with Gasteiger partial charge in [-0.05, 0) is 13.0 Å². The number of fused-ring (bicyclic) bond motifs is 1. The first kappa shape index (κ1) is 9.45. The van der Waals surface area contributed by atoms with Gasteiger partial charge in [-0.3, -0.25) is 0 Å². The van der Waals surface area contributed by atoms with E-state index in [9.17, 15) is 9.90 Å². The minimum absolute atomic E-state index is 0.263. The lowest BCUT2D eigenvalue weighted by atomic mass is 10.1. The number of aryl methyl sites for hydroxylation is 1. The quantitative estimate of drug-likeness (QED) is 0.743. The third-order valence-electron chi connectivity index (χ3n) is 2.32. The first-order valence-corrected chi connectivity index (χ1v) is 4.43. The maximum atomic E-state index is 10.8. The number of aromatic carboxylic acids is 1. The number of benzene rings is 1. The van der Waals surface area contributed by atoms with Gasteiger partial charge >= 0.3 is 5.97 Å². The van der Waals surface area contributed by atoms with E-state index in [4.69, 9.17) is 5.11 Å². The SMILES string of the molecule is Cc1c(O)c(C(=O)O)nc2ccccc12. The number of carboxylic acid groups (broad SMARTS) is 1. The highest BCUT2D eigenvalue weighted by atomic mass is 16.4. The molecule has 76 valence electrons. The second-order valence-corrected chi connectivity index (χ2v) is 3.26. The number of carboxylic acids is 1. The van der Waals surface area contributed by atoms with Gasteiger partial charge < -0.3 is 10.2 Å². The van der Waals surface area contributed by atoms with E-state index in [0.717, 1.165) is 5.39 Å². The number of carbonyl (C=O) groups is 1. The minimum Gasteiger partial charge on any atom is -0.505 e. The van der Waals surface area contributed by atoms with E-state index >= 15 is 0 Å². The number of para-hydroxylation sites is 1. The fraction of sp³-hybridized carbons (Fsp3) is 0.0909. The molecule has 0 saturated carbocycles. The van der Waals surface area contributed by atoms with Crippen LogP contribution in [-0.4, -0.2) is 21.2 Å². The van der Waals surface area contributed by atoms with Crippen molar-refractivity contribution >= 4 is 16.9 Å². The van der Waals surface area contributed by atoms with Gasteiger partial charge in [-0.15, -0.1) is 0 Å². The summed E-state index contributed by atoms with van der Waals surface area (Å²) in [6, 6.07) is 7.10. The first-order valence-electron chi connectivity index (χ1n) is 4.43. The van der Waals surface area contributed by atoms with Crippen LogP contribution in [0.1, 0.15) is 16.1 Å². The molecule has 0 saturated heterocycles. The molecule has 2 N–H and O–H groups in total. The standard InChI is InChI=1S/C11H9NO3/c1-6-7-4-2-3-5-8(7)12-9(10(6)13)11(14)15/h2-5,13H,1H3,(H,14,15). The molecule has 0 aliphatic heterocycles. The van der Waals surface area contributed by atoms with Gasteiger partial charge in [0.15, 0.2) is 11.4 Å². The maximum absolute atomic E-state index is 10.8. The second kappa shape index (κ2) is 3.24. The summed E-state index contributed by atoms with van der Waals surface area (Å²) in [5.41, 5.74) is 0.814. The summed E-state index contributed by atoms with van der Waals surface area (Å²) in [7, 11) is 0. The van der Waals surface area contributed by atoms with Crippen LogP contribution in [0, 0.1) is 6.92 Å². The number of pyridine rings is 1. The normalized spacial score (nSPS) is 10.5. The van der Waals surface area contributed by atoms with Crippen LogP contribution < -0.4 is 0 Å². The second-order valence-electron chi connectivity index (χ2n) is 3.26. The molecule has 0 unspecified atom stereocenters. The highest BCUT2D eigenvalue weighted by molar-refractivity contribution is 5.95. The van der Waals surface area contributed by atoms with Crippen molar-refractivity contribution < 1.29 is 15.0 Å². The summed E-state index contributed by atoms with van der Waals surface area (Å²) in [6.07, 6.45) is 0. The summed E-state index contributed by atoms with van der Waals surface area (Å²) in [4.78, 5) is 14.7. The lowest BCUT2D eigenvalue weighted by molar-refractivity contribution is 0.0687. The van der Waals surface area contributed by atoms with E-state index in [-0.39, 0.29) is 11.4 Å². The summed E-state index contributed by atoms with van der Waals surface area (Å²) in [5.74, 6) is -1.48. The van der Waals surface area contributed by atoms with Crippen LogP contribution in [0.15, 0.2) is 24.3 Å². The number of hydrogen-bond donors (Lipinski definition) is 2. The van der Waals surface area contributed by atoms with E-state index in [1.807, 2.05) is 6.07 Å². The van der Waals surface area contributed by atoms with E-state index in [2.05, 4.69) is 4.98 Å². The molecule has 1 aromatic carbocycles. The summed E-state index contributed by atoms with van der Waals surface area (Å²) in [5, 5.41) is 19.2. The van der Waals surface area contributed by atoms with Crippen molar-refractivity contribution in [1.82, 2.24) is 4.98 Å². The fourth-order valence-electron chi connectivity index (χ4n) is 1.52. The van der Waals surface area contributed by atoms with Gasteiger partial charge in [0, 0.05) is 10.9 Å². The molecule has 0 atom stereocenters. The Balaban J connectivity index is 2.88. The average Bonchev–Trinajstić information content (AvgIpc) is 2.23. The predicted molar refractivity (Wildman–Crippen MR) is 55.1 cm³/mol. The zero-order valence-electron chi connectivity index (χ0n) is 8.06. The van der Waals surface area contributed by atoms with Crippen LogP contribution in [0.2, 0.25) is 0 Å². The van der Waals surface area contributed by atoms with Gasteiger partial charge in [-0.2, -0.15) is 0 Å². The first-order chi connectivity index (χ1) is 7.11. The molecule has 0 spiro atoms. The van der Waals surface area contributed by atoms with Gasteiger partial charge in [-0.25, -0.2) is 9.78 Å². The molecule has 0 aliphatic rings. The molecule has 4 nitrogen and oxygen atoms in total. The molecule has 0 aliphatic carbocycles. The number of hydrogen-bond acceptors (Lipinski definition) is 3. The van der Waals surface area contributed by atoms with Crippen molar-refractivity contribution in [3.63, 3.8) is 0 Å². The minimum atomic E-state index is -1.22. The average molecular weight is 203 g/mol. The lowest BCUT2D eigenvalue weighted by Crippen LogP contribution is -2.02. The van der Waals surface area contributed by atoms with Gasteiger partial charge in [-0.1, -0.05) is 18.2 Å². The Labute approximate surface area is 85.8 Å². The molecule has 15 heavy (non-hydrogen) atoms. The molecule has 2 rings (SSSR count). The molecule has 2 aromatic rings. The highest BCUT2D eigenvalue weighted by Gasteiger charge is 2.15. The molecule has 1 heterocycles. The maximum Gasteiger partial charge on any atom is 0.358 e. The molecule has 0 bridgehead atoms. The molecule has 0 radical (unpaired) electrons. The Kier molecular flexibility index (Phi) is 2.04. The van der Waals surface area contributed by atoms with Crippen molar-refractivity contribution in [2.45, 2.75) is 6.92 Å². The van der Waals surface area contributed by atoms with Crippen LogP contribution >= 0.6 is 0 Å². The third kappa shape index (κ3) is 1.40. The van der Waals surface area contributed by atoms with Crippen LogP contribution in [0.3, 0.4) is 0 Å². The monoisotopic (exact) mass is 203 g/mol. The van der Waals surface area contributed by atoms with E-state index in [1.165, 1.54) is 0 Å². The van der Waals surface area contributed by atoms with Crippen molar-refractivity contribution in [3.8, 4) is 5.75 Å². The number of rotatable bonds is 1. The van der Waals surface area contributed by atoms with Crippen molar-refractivity contribution in [3.05, 3.63) is 35.5 Å². The fourth-order valence-corrected chi connectivity index (χ4v) is 1.52. The molecule has 0 fully saturated rings. The molecule has 4 heteroatoms. The summed E-state index contributed by atoms with van der Waals surface area (Å²) in [6.45, 7) is 1.67. The molecule has 1 aromatic heterocycles. The largest absolute Gasteiger partial charge is 0.505 e. The Morgan fingerprint density at radius 1 is 1.33 bits per heavy atom. The Hall–Kier alpha value is -2.10. The molecular formula is C11H9NO3. The van der Waals surface area contributed by atoms with E-state index in [0.29, 0.717) is 11.1 Å². The smallest absolute Gasteiger partial charge is 0.358 e. The van der Waals surface area contributed by atoms with E-state index in [1.54, 1.807) is 25.1 Å². The van der Waals surface area contributed by atoms with Gasteiger partial charge in [0.25, 0.3) is 0 Å². The van der Waals surface area contributed by atoms with Crippen molar-refractivity contribution in [2.75, 3.05) is 0 Å². The van der Waals surface area contributed by atoms with Crippen LogP contribution in [0.4, 0.5) is 0 Å². The zero-order valence-corrected chi connectivity index (χ0v) is 8.06. The Morgan fingerprint density at radius 2 is 2.00 bits per heavy atom. The zero-order chi connectivity index (χ0) is 11.0. The van der Waals surface area contributed by atoms with E-state index < -0.39 is 5.97 Å². The molecular weight excluding hydrogens is 194 g/mol. The highest BCUT2D eigenvalue weighted by Crippen LogP contribution is 2.27. The van der Waals surface area contributed by atoms with Gasteiger partial charge in [0.1, 0.15) is 0 Å². The lowest BCUT2D eigenvalue weighted by Gasteiger charge is -2.06. The van der Waals surface area contributed by atoms with Gasteiger partial charge in [0.2, 0.25) is 0 Å². The summed E-state index contributed by atoms with van der Waals surface area (Å²) < 4.78 is 0. The van der Waals surface area contributed by atoms with Crippen LogP contribution in [0.5, 0.6) is 5.75 Å². The number of nitrogens with zero attached hydrogens (tertiary/aromatic N) is 1. The Morgan fingerprint density at radius 3 is 2.67 bits per heavy atom.